The van der Waals surface area contributed by atoms with E-state index in [1.807, 2.05) is 18.2 Å². The Balaban J connectivity index is 1.55. The second-order valence-corrected chi connectivity index (χ2v) is 5.99. The summed E-state index contributed by atoms with van der Waals surface area (Å²) in [6, 6.07) is 16.8. The van der Waals surface area contributed by atoms with Gasteiger partial charge in [0.1, 0.15) is 5.75 Å². The number of carbonyl (C=O) groups is 2. The van der Waals surface area contributed by atoms with Crippen LogP contribution in [0.5, 0.6) is 5.75 Å². The average Bonchev–Trinajstić information content (AvgIpc) is 2.72. The molecule has 0 N–H and O–H groups in total. The zero-order valence-corrected chi connectivity index (χ0v) is 14.7. The van der Waals surface area contributed by atoms with Crippen LogP contribution in [0.2, 0.25) is 0 Å². The predicted octanol–water partition coefficient (Wildman–Crippen LogP) is 3.17. The first kappa shape index (κ1) is 17.7. The third kappa shape index (κ3) is 4.30. The summed E-state index contributed by atoms with van der Waals surface area (Å²) in [5.41, 5.74) is 2.86. The van der Waals surface area contributed by atoms with Gasteiger partial charge in [-0.25, -0.2) is 4.79 Å². The van der Waals surface area contributed by atoms with Crippen LogP contribution in [0, 0.1) is 0 Å². The van der Waals surface area contributed by atoms with Gasteiger partial charge < -0.3 is 14.4 Å². The number of methoxy groups -OCH3 is 1. The van der Waals surface area contributed by atoms with Crippen molar-refractivity contribution >= 4 is 17.4 Å². The maximum atomic E-state index is 12.4. The molecular weight excluding hydrogens is 330 g/mol. The molecule has 0 bridgehead atoms. The van der Waals surface area contributed by atoms with Gasteiger partial charge in [0, 0.05) is 13.1 Å². The van der Waals surface area contributed by atoms with Crippen molar-refractivity contribution in [2.75, 3.05) is 26.8 Å². The van der Waals surface area contributed by atoms with Crippen molar-refractivity contribution in [2.24, 2.45) is 0 Å². The van der Waals surface area contributed by atoms with E-state index in [4.69, 9.17) is 4.74 Å². The highest BCUT2D eigenvalue weighted by molar-refractivity contribution is 5.89. The molecule has 134 valence electrons. The Kier molecular flexibility index (Phi) is 5.69. The highest BCUT2D eigenvalue weighted by Gasteiger charge is 2.18. The van der Waals surface area contributed by atoms with Gasteiger partial charge in [0.05, 0.1) is 12.7 Å². The van der Waals surface area contributed by atoms with E-state index in [0.29, 0.717) is 24.4 Å². The van der Waals surface area contributed by atoms with Gasteiger partial charge in [0.15, 0.2) is 6.61 Å². The summed E-state index contributed by atoms with van der Waals surface area (Å²) in [6.45, 7) is 1.19. The Morgan fingerprint density at radius 3 is 2.58 bits per heavy atom. The lowest BCUT2D eigenvalue weighted by Crippen LogP contribution is -2.37. The van der Waals surface area contributed by atoms with E-state index < -0.39 is 5.97 Å². The van der Waals surface area contributed by atoms with Crippen LogP contribution in [0.1, 0.15) is 22.3 Å². The average molecular weight is 351 g/mol. The summed E-state index contributed by atoms with van der Waals surface area (Å²) in [4.78, 5) is 25.7. The number of esters is 1. The van der Waals surface area contributed by atoms with Crippen LogP contribution in [-0.2, 0) is 9.53 Å². The first-order valence-electron chi connectivity index (χ1n) is 8.51. The molecule has 0 atom stereocenters. The largest absolute Gasteiger partial charge is 0.484 e. The van der Waals surface area contributed by atoms with Crippen LogP contribution in [0.4, 0.5) is 0 Å². The summed E-state index contributed by atoms with van der Waals surface area (Å²) >= 11 is 0. The molecular formula is C21H21NO4. The summed E-state index contributed by atoms with van der Waals surface area (Å²) in [5.74, 6) is -0.0352. The molecule has 0 aliphatic carbocycles. The van der Waals surface area contributed by atoms with Gasteiger partial charge in [-0.05, 0) is 35.8 Å². The number of benzene rings is 2. The van der Waals surface area contributed by atoms with E-state index in [0.717, 1.165) is 6.42 Å². The lowest BCUT2D eigenvalue weighted by Gasteiger charge is -2.26. The first-order chi connectivity index (χ1) is 12.7. The molecule has 1 amide bonds. The Morgan fingerprint density at radius 1 is 1.08 bits per heavy atom. The zero-order valence-electron chi connectivity index (χ0n) is 14.7. The second-order valence-electron chi connectivity index (χ2n) is 5.99. The van der Waals surface area contributed by atoms with Crippen LogP contribution in [-0.4, -0.2) is 43.6 Å². The molecule has 2 aromatic rings. The van der Waals surface area contributed by atoms with E-state index in [1.54, 1.807) is 29.2 Å². The molecule has 2 aromatic carbocycles. The normalized spacial score (nSPS) is 13.7. The minimum Gasteiger partial charge on any atom is -0.484 e. The van der Waals surface area contributed by atoms with Gasteiger partial charge in [-0.2, -0.15) is 0 Å². The van der Waals surface area contributed by atoms with E-state index >= 15 is 0 Å². The lowest BCUT2D eigenvalue weighted by molar-refractivity contribution is -0.132. The maximum absolute atomic E-state index is 12.4. The number of hydrogen-bond acceptors (Lipinski definition) is 4. The van der Waals surface area contributed by atoms with Crippen LogP contribution >= 0.6 is 0 Å². The van der Waals surface area contributed by atoms with Gasteiger partial charge in [0.2, 0.25) is 0 Å². The highest BCUT2D eigenvalue weighted by Crippen LogP contribution is 2.22. The van der Waals surface area contributed by atoms with Gasteiger partial charge in [0.25, 0.3) is 5.91 Å². The third-order valence-corrected chi connectivity index (χ3v) is 4.32. The predicted molar refractivity (Wildman–Crippen MR) is 98.9 cm³/mol. The minimum absolute atomic E-state index is 0.0564. The van der Waals surface area contributed by atoms with E-state index in [2.05, 4.69) is 22.9 Å². The molecule has 1 aliphatic heterocycles. The van der Waals surface area contributed by atoms with Crippen molar-refractivity contribution in [3.05, 3.63) is 71.8 Å². The maximum Gasteiger partial charge on any atom is 0.337 e. The molecule has 1 aliphatic rings. The second kappa shape index (κ2) is 8.34. The fraction of sp³-hybridized carbons (Fsp3) is 0.238. The van der Waals surface area contributed by atoms with Crippen molar-refractivity contribution in [1.82, 2.24) is 4.90 Å². The van der Waals surface area contributed by atoms with Crippen LogP contribution in [0.25, 0.3) is 5.57 Å². The minimum atomic E-state index is -0.434. The SMILES string of the molecule is COC(=O)c1cccc(OCC(=O)N2CC=C(c3ccccc3)CC2)c1. The summed E-state index contributed by atoms with van der Waals surface area (Å²) < 4.78 is 10.2. The molecule has 26 heavy (non-hydrogen) atoms. The zero-order chi connectivity index (χ0) is 18.4. The van der Waals surface area contributed by atoms with Crippen molar-refractivity contribution in [3.63, 3.8) is 0 Å². The monoisotopic (exact) mass is 351 g/mol. The van der Waals surface area contributed by atoms with E-state index in [1.165, 1.54) is 18.2 Å². The molecule has 0 saturated heterocycles. The van der Waals surface area contributed by atoms with Crippen molar-refractivity contribution in [2.45, 2.75) is 6.42 Å². The van der Waals surface area contributed by atoms with Crippen molar-refractivity contribution in [3.8, 4) is 5.75 Å². The molecule has 5 heteroatoms. The third-order valence-electron chi connectivity index (χ3n) is 4.32. The van der Waals surface area contributed by atoms with Crippen molar-refractivity contribution in [1.29, 1.82) is 0 Å². The molecule has 5 nitrogen and oxygen atoms in total. The molecule has 0 unspecified atom stereocenters. The smallest absolute Gasteiger partial charge is 0.337 e. The highest BCUT2D eigenvalue weighted by atomic mass is 16.5. The molecule has 0 radical (unpaired) electrons. The first-order valence-corrected chi connectivity index (χ1v) is 8.51. The number of rotatable bonds is 5. The van der Waals surface area contributed by atoms with Crippen molar-refractivity contribution < 1.29 is 19.1 Å². The van der Waals surface area contributed by atoms with Gasteiger partial charge >= 0.3 is 5.97 Å². The number of hydrogen-bond donors (Lipinski definition) is 0. The Labute approximate surface area is 152 Å². The standard InChI is InChI=1S/C21H21NO4/c1-25-21(24)18-8-5-9-19(14-18)26-15-20(23)22-12-10-17(11-13-22)16-6-3-2-4-7-16/h2-10,14H,11-13,15H2,1H3. The van der Waals surface area contributed by atoms with E-state index in [-0.39, 0.29) is 12.5 Å². The fourth-order valence-corrected chi connectivity index (χ4v) is 2.88. The molecule has 0 fully saturated rings. The summed E-state index contributed by atoms with van der Waals surface area (Å²) in [7, 11) is 1.33. The number of amides is 1. The topological polar surface area (TPSA) is 55.8 Å². The Morgan fingerprint density at radius 2 is 1.88 bits per heavy atom. The molecule has 0 aromatic heterocycles. The molecule has 1 heterocycles. The van der Waals surface area contributed by atoms with Gasteiger partial charge in [-0.1, -0.05) is 42.5 Å². The lowest BCUT2D eigenvalue weighted by atomic mass is 10.00. The Hall–Kier alpha value is -3.08. The molecule has 3 rings (SSSR count). The van der Waals surface area contributed by atoms with Crippen LogP contribution in [0.3, 0.4) is 0 Å². The van der Waals surface area contributed by atoms with Crippen LogP contribution in [0.15, 0.2) is 60.7 Å². The Bertz CT molecular complexity index is 814. The number of carbonyl (C=O) groups excluding carboxylic acids is 2. The van der Waals surface area contributed by atoms with Gasteiger partial charge in [-0.3, -0.25) is 4.79 Å². The quantitative estimate of drug-likeness (QED) is 0.777. The summed E-state index contributed by atoms with van der Waals surface area (Å²) in [5, 5.41) is 0. The van der Waals surface area contributed by atoms with Gasteiger partial charge in [-0.15, -0.1) is 0 Å². The number of ether oxygens (including phenoxy) is 2. The summed E-state index contributed by atoms with van der Waals surface area (Å²) in [6.07, 6.45) is 2.92. The van der Waals surface area contributed by atoms with E-state index in [9.17, 15) is 9.59 Å². The molecule has 0 spiro atoms. The van der Waals surface area contributed by atoms with Crippen LogP contribution < -0.4 is 4.74 Å². The number of nitrogens with zero attached hydrogens (tertiary/aromatic N) is 1. The molecule has 0 saturated carbocycles. The fourth-order valence-electron chi connectivity index (χ4n) is 2.88.